The van der Waals surface area contributed by atoms with Crippen molar-refractivity contribution < 1.29 is 4.74 Å². The molecule has 1 N–H and O–H groups in total. The summed E-state index contributed by atoms with van der Waals surface area (Å²) in [6.45, 7) is 0.0150. The van der Waals surface area contributed by atoms with Crippen LogP contribution < -0.4 is 10.3 Å². The second-order valence-electron chi connectivity index (χ2n) is 6.13. The van der Waals surface area contributed by atoms with Crippen LogP contribution in [-0.4, -0.2) is 16.6 Å². The van der Waals surface area contributed by atoms with Crippen molar-refractivity contribution in [2.24, 2.45) is 0 Å². The third-order valence-corrected chi connectivity index (χ3v) is 5.69. The lowest BCUT2D eigenvalue weighted by molar-refractivity contribution is 0.368. The predicted octanol–water partition coefficient (Wildman–Crippen LogP) is 3.82. The van der Waals surface area contributed by atoms with Gasteiger partial charge in [0.25, 0.3) is 5.56 Å². The Labute approximate surface area is 148 Å². The molecular weight excluding hydrogens is 334 g/mol. The van der Waals surface area contributed by atoms with Crippen LogP contribution >= 0.6 is 11.3 Å². The first kappa shape index (κ1) is 15.9. The number of nitriles is 1. The van der Waals surface area contributed by atoms with Crippen LogP contribution in [0.15, 0.2) is 29.1 Å². The SMILES string of the molecule is N#CCOc1ccc(-c2nc3sc4c(c3c(=O)[nH]2)CCCCC4)cc1. The topological polar surface area (TPSA) is 78.8 Å². The summed E-state index contributed by atoms with van der Waals surface area (Å²) >= 11 is 1.66. The number of H-pyrrole nitrogens is 1. The van der Waals surface area contributed by atoms with Gasteiger partial charge in [0.05, 0.1) is 5.39 Å². The highest BCUT2D eigenvalue weighted by Crippen LogP contribution is 2.33. The first-order chi connectivity index (χ1) is 12.3. The molecule has 0 spiro atoms. The number of nitrogens with one attached hydrogen (secondary N) is 1. The highest BCUT2D eigenvalue weighted by atomic mass is 32.1. The quantitative estimate of drug-likeness (QED) is 0.728. The van der Waals surface area contributed by atoms with E-state index in [4.69, 9.17) is 15.0 Å². The van der Waals surface area contributed by atoms with Gasteiger partial charge in [0.1, 0.15) is 22.5 Å². The molecule has 0 aliphatic heterocycles. The maximum absolute atomic E-state index is 12.7. The van der Waals surface area contributed by atoms with E-state index in [-0.39, 0.29) is 12.2 Å². The van der Waals surface area contributed by atoms with Gasteiger partial charge in [-0.15, -0.1) is 11.3 Å². The lowest BCUT2D eigenvalue weighted by Gasteiger charge is -2.04. The Morgan fingerprint density at radius 3 is 2.80 bits per heavy atom. The Balaban J connectivity index is 1.74. The molecule has 1 aliphatic rings. The number of aryl methyl sites for hydroxylation is 2. The van der Waals surface area contributed by atoms with E-state index >= 15 is 0 Å². The van der Waals surface area contributed by atoms with Crippen LogP contribution in [0.1, 0.15) is 29.7 Å². The molecule has 0 fully saturated rings. The number of benzene rings is 1. The lowest BCUT2D eigenvalue weighted by atomic mass is 10.1. The Bertz CT molecular complexity index is 1010. The second-order valence-corrected chi connectivity index (χ2v) is 7.21. The standard InChI is InChI=1S/C19H17N3O2S/c20-10-11-24-13-8-6-12(7-9-13)17-21-18(23)16-14-4-2-1-3-5-15(14)25-19(16)22-17/h6-9H,1-5,11H2,(H,21,22,23). The number of hydrogen-bond acceptors (Lipinski definition) is 5. The van der Waals surface area contributed by atoms with E-state index in [1.807, 2.05) is 18.2 Å². The summed E-state index contributed by atoms with van der Waals surface area (Å²) in [6, 6.07) is 9.18. The first-order valence-corrected chi connectivity index (χ1v) is 9.22. The number of hydrogen-bond donors (Lipinski definition) is 1. The Morgan fingerprint density at radius 1 is 1.20 bits per heavy atom. The van der Waals surface area contributed by atoms with Gasteiger partial charge in [0.15, 0.2) is 6.61 Å². The van der Waals surface area contributed by atoms with E-state index < -0.39 is 0 Å². The Kier molecular flexibility index (Phi) is 4.24. The number of thiophene rings is 1. The summed E-state index contributed by atoms with van der Waals surface area (Å²) < 4.78 is 5.26. The molecule has 2 aromatic heterocycles. The van der Waals surface area contributed by atoms with Crippen molar-refractivity contribution in [1.29, 1.82) is 5.26 Å². The van der Waals surface area contributed by atoms with E-state index in [9.17, 15) is 4.79 Å². The number of nitrogens with zero attached hydrogens (tertiary/aromatic N) is 2. The maximum atomic E-state index is 12.7. The normalized spacial score (nSPS) is 13.9. The van der Waals surface area contributed by atoms with Gasteiger partial charge < -0.3 is 9.72 Å². The number of aromatic amines is 1. The minimum atomic E-state index is -0.0517. The number of fused-ring (bicyclic) bond motifs is 3. The number of rotatable bonds is 3. The first-order valence-electron chi connectivity index (χ1n) is 8.41. The van der Waals surface area contributed by atoms with Crippen molar-refractivity contribution in [3.05, 3.63) is 45.1 Å². The van der Waals surface area contributed by atoms with Gasteiger partial charge in [-0.1, -0.05) is 6.42 Å². The van der Waals surface area contributed by atoms with Gasteiger partial charge in [-0.2, -0.15) is 5.26 Å². The molecule has 0 saturated carbocycles. The van der Waals surface area contributed by atoms with Gasteiger partial charge >= 0.3 is 0 Å². The molecule has 4 rings (SSSR count). The molecule has 0 unspecified atom stereocenters. The van der Waals surface area contributed by atoms with Crippen LogP contribution in [0.4, 0.5) is 0 Å². The van der Waals surface area contributed by atoms with Crippen LogP contribution in [0.2, 0.25) is 0 Å². The van der Waals surface area contributed by atoms with Crippen LogP contribution in [0.3, 0.4) is 0 Å². The fraction of sp³-hybridized carbons (Fsp3) is 0.316. The highest BCUT2D eigenvalue weighted by Gasteiger charge is 2.19. The molecule has 0 radical (unpaired) electrons. The third-order valence-electron chi connectivity index (χ3n) is 4.51. The molecule has 0 atom stereocenters. The zero-order chi connectivity index (χ0) is 17.2. The molecular formula is C19H17N3O2S. The van der Waals surface area contributed by atoms with Crippen LogP contribution in [0.5, 0.6) is 5.75 Å². The van der Waals surface area contributed by atoms with Crippen LogP contribution in [0, 0.1) is 11.3 Å². The molecule has 0 bridgehead atoms. The molecule has 3 aromatic rings. The molecule has 0 amide bonds. The summed E-state index contributed by atoms with van der Waals surface area (Å²) in [5.74, 6) is 1.19. The summed E-state index contributed by atoms with van der Waals surface area (Å²) in [7, 11) is 0. The minimum Gasteiger partial charge on any atom is -0.479 e. The van der Waals surface area contributed by atoms with Crippen molar-refractivity contribution in [1.82, 2.24) is 9.97 Å². The predicted molar refractivity (Wildman–Crippen MR) is 98.0 cm³/mol. The Morgan fingerprint density at radius 2 is 2.00 bits per heavy atom. The van der Waals surface area contributed by atoms with E-state index in [1.54, 1.807) is 23.5 Å². The highest BCUT2D eigenvalue weighted by molar-refractivity contribution is 7.18. The van der Waals surface area contributed by atoms with Gasteiger partial charge in [0, 0.05) is 10.4 Å². The molecule has 126 valence electrons. The molecule has 6 heteroatoms. The fourth-order valence-corrected chi connectivity index (χ4v) is 4.56. The van der Waals surface area contributed by atoms with Crippen LogP contribution in [-0.2, 0) is 12.8 Å². The van der Waals surface area contributed by atoms with Gasteiger partial charge in [0.2, 0.25) is 0 Å². The summed E-state index contributed by atoms with van der Waals surface area (Å²) in [5.41, 5.74) is 1.98. The van der Waals surface area contributed by atoms with Crippen molar-refractivity contribution in [3.63, 3.8) is 0 Å². The monoisotopic (exact) mass is 351 g/mol. The number of aromatic nitrogens is 2. The van der Waals surface area contributed by atoms with E-state index in [0.717, 1.165) is 35.0 Å². The van der Waals surface area contributed by atoms with Crippen molar-refractivity contribution in [2.75, 3.05) is 6.61 Å². The molecule has 25 heavy (non-hydrogen) atoms. The smallest absolute Gasteiger partial charge is 0.260 e. The Hall–Kier alpha value is -2.65. The van der Waals surface area contributed by atoms with Gasteiger partial charge in [-0.3, -0.25) is 4.79 Å². The number of ether oxygens (including phenoxy) is 1. The van der Waals surface area contributed by atoms with Crippen LogP contribution in [0.25, 0.3) is 21.6 Å². The average molecular weight is 351 g/mol. The molecule has 1 aliphatic carbocycles. The fourth-order valence-electron chi connectivity index (χ4n) is 3.30. The zero-order valence-corrected chi connectivity index (χ0v) is 14.5. The maximum Gasteiger partial charge on any atom is 0.260 e. The summed E-state index contributed by atoms with van der Waals surface area (Å²) in [4.78, 5) is 22.5. The summed E-state index contributed by atoms with van der Waals surface area (Å²) in [5, 5.41) is 9.33. The van der Waals surface area contributed by atoms with E-state index in [0.29, 0.717) is 11.6 Å². The molecule has 5 nitrogen and oxygen atoms in total. The van der Waals surface area contributed by atoms with Gasteiger partial charge in [-0.05, 0) is 55.5 Å². The second kappa shape index (κ2) is 6.69. The largest absolute Gasteiger partial charge is 0.479 e. The van der Waals surface area contributed by atoms with E-state index in [2.05, 4.69) is 4.98 Å². The molecule has 0 saturated heterocycles. The lowest BCUT2D eigenvalue weighted by Crippen LogP contribution is -2.10. The van der Waals surface area contributed by atoms with E-state index in [1.165, 1.54) is 23.3 Å². The summed E-state index contributed by atoms with van der Waals surface area (Å²) in [6.07, 6.45) is 5.59. The van der Waals surface area contributed by atoms with Crippen molar-refractivity contribution in [2.45, 2.75) is 32.1 Å². The zero-order valence-electron chi connectivity index (χ0n) is 13.7. The molecule has 2 heterocycles. The minimum absolute atomic E-state index is 0.0150. The van der Waals surface area contributed by atoms with Crippen molar-refractivity contribution >= 4 is 21.6 Å². The van der Waals surface area contributed by atoms with Crippen molar-refractivity contribution in [3.8, 4) is 23.2 Å². The third kappa shape index (κ3) is 3.03. The average Bonchev–Trinajstić information content (AvgIpc) is 2.82. The van der Waals surface area contributed by atoms with Gasteiger partial charge in [-0.25, -0.2) is 4.98 Å². The molecule has 1 aromatic carbocycles.